The zero-order valence-electron chi connectivity index (χ0n) is 9.72. The summed E-state index contributed by atoms with van der Waals surface area (Å²) in [6.07, 6.45) is -1.77. The molecule has 2 unspecified atom stereocenters. The third-order valence-electron chi connectivity index (χ3n) is 2.27. The molecule has 1 aromatic rings. The van der Waals surface area contributed by atoms with E-state index in [1.807, 2.05) is 0 Å². The molecule has 0 bridgehead atoms. The topological polar surface area (TPSA) is 99.6 Å². The third-order valence-corrected chi connectivity index (χ3v) is 2.55. The molecule has 0 aliphatic heterocycles. The second-order valence-corrected chi connectivity index (χ2v) is 4.04. The van der Waals surface area contributed by atoms with Crippen LogP contribution in [0.2, 0.25) is 5.02 Å². The summed E-state index contributed by atoms with van der Waals surface area (Å²) < 4.78 is 4.65. The molecule has 7 heteroatoms. The highest BCUT2D eigenvalue weighted by Crippen LogP contribution is 2.19. The molecule has 0 radical (unpaired) electrons. The van der Waals surface area contributed by atoms with Gasteiger partial charge >= 0.3 is 5.97 Å². The van der Waals surface area contributed by atoms with E-state index >= 15 is 0 Å². The standard InChI is InChI=1S/C11H14ClNO5/c1-2-18-9(15)4-8(14)10(16)6-3-7(12)11(17)13-5-6/h3,5,8,10,14,16H,2,4H2,1H3,(H,13,17). The molecule has 0 amide bonds. The van der Waals surface area contributed by atoms with E-state index < -0.39 is 23.7 Å². The Hall–Kier alpha value is -1.37. The summed E-state index contributed by atoms with van der Waals surface area (Å²) in [5.74, 6) is -0.612. The molecular formula is C11H14ClNO5. The van der Waals surface area contributed by atoms with Gasteiger partial charge in [0.25, 0.3) is 5.56 Å². The van der Waals surface area contributed by atoms with Gasteiger partial charge in [-0.05, 0) is 13.0 Å². The lowest BCUT2D eigenvalue weighted by molar-refractivity contribution is -0.147. The van der Waals surface area contributed by atoms with Gasteiger partial charge in [-0.25, -0.2) is 0 Å². The number of esters is 1. The van der Waals surface area contributed by atoms with Gasteiger partial charge in [0.05, 0.1) is 19.1 Å². The summed E-state index contributed by atoms with van der Waals surface area (Å²) >= 11 is 5.59. The van der Waals surface area contributed by atoms with E-state index in [1.165, 1.54) is 12.3 Å². The third kappa shape index (κ3) is 3.83. The lowest BCUT2D eigenvalue weighted by atomic mass is 10.0. The second-order valence-electron chi connectivity index (χ2n) is 3.63. The minimum Gasteiger partial charge on any atom is -0.466 e. The second kappa shape index (κ2) is 6.53. The monoisotopic (exact) mass is 275 g/mol. The molecule has 1 aromatic heterocycles. The average Bonchev–Trinajstić information content (AvgIpc) is 2.32. The van der Waals surface area contributed by atoms with Crippen LogP contribution >= 0.6 is 11.6 Å². The van der Waals surface area contributed by atoms with Crippen LogP contribution < -0.4 is 5.56 Å². The number of carbonyl (C=O) groups is 1. The van der Waals surface area contributed by atoms with Crippen LogP contribution in [-0.2, 0) is 9.53 Å². The van der Waals surface area contributed by atoms with Gasteiger partial charge in [0.1, 0.15) is 11.1 Å². The van der Waals surface area contributed by atoms with Crippen molar-refractivity contribution in [2.45, 2.75) is 25.6 Å². The Balaban J connectivity index is 2.73. The highest BCUT2D eigenvalue weighted by atomic mass is 35.5. The molecule has 0 saturated heterocycles. The Labute approximate surface area is 108 Å². The Morgan fingerprint density at radius 2 is 2.22 bits per heavy atom. The van der Waals surface area contributed by atoms with E-state index in [9.17, 15) is 19.8 Å². The molecule has 1 rings (SSSR count). The maximum atomic E-state index is 11.1. The molecule has 0 aliphatic rings. The van der Waals surface area contributed by atoms with Gasteiger partial charge in [-0.1, -0.05) is 11.6 Å². The highest BCUT2D eigenvalue weighted by molar-refractivity contribution is 6.30. The van der Waals surface area contributed by atoms with Crippen molar-refractivity contribution in [2.24, 2.45) is 0 Å². The summed E-state index contributed by atoms with van der Waals surface area (Å²) in [7, 11) is 0. The van der Waals surface area contributed by atoms with Crippen LogP contribution in [0.5, 0.6) is 0 Å². The molecule has 0 aliphatic carbocycles. The Kier molecular flexibility index (Phi) is 5.33. The highest BCUT2D eigenvalue weighted by Gasteiger charge is 2.22. The number of pyridine rings is 1. The van der Waals surface area contributed by atoms with Crippen molar-refractivity contribution in [2.75, 3.05) is 6.61 Å². The summed E-state index contributed by atoms with van der Waals surface area (Å²) in [4.78, 5) is 24.5. The van der Waals surface area contributed by atoms with Crippen molar-refractivity contribution in [1.29, 1.82) is 0 Å². The van der Waals surface area contributed by atoms with Crippen LogP contribution in [0.4, 0.5) is 0 Å². The van der Waals surface area contributed by atoms with E-state index in [4.69, 9.17) is 11.6 Å². The van der Waals surface area contributed by atoms with Gasteiger partial charge in [-0.3, -0.25) is 9.59 Å². The molecule has 3 N–H and O–H groups in total. The maximum absolute atomic E-state index is 11.1. The first-order valence-electron chi connectivity index (χ1n) is 5.35. The van der Waals surface area contributed by atoms with E-state index in [1.54, 1.807) is 6.92 Å². The van der Waals surface area contributed by atoms with Crippen LogP contribution in [0.25, 0.3) is 0 Å². The summed E-state index contributed by atoms with van der Waals surface area (Å²) in [5, 5.41) is 19.3. The first-order valence-corrected chi connectivity index (χ1v) is 5.73. The summed E-state index contributed by atoms with van der Waals surface area (Å²) in [5.41, 5.74) is -0.274. The van der Waals surface area contributed by atoms with Crippen molar-refractivity contribution in [3.05, 3.63) is 33.2 Å². The SMILES string of the molecule is CCOC(=O)CC(O)C(O)c1c[nH]c(=O)c(Cl)c1. The van der Waals surface area contributed by atoms with E-state index in [0.29, 0.717) is 0 Å². The normalized spacial score (nSPS) is 14.0. The number of aromatic nitrogens is 1. The van der Waals surface area contributed by atoms with E-state index in [-0.39, 0.29) is 23.6 Å². The zero-order chi connectivity index (χ0) is 13.7. The number of nitrogens with one attached hydrogen (secondary N) is 1. The molecule has 0 fully saturated rings. The van der Waals surface area contributed by atoms with Gasteiger partial charge in [-0.2, -0.15) is 0 Å². The number of aliphatic hydroxyl groups is 2. The van der Waals surface area contributed by atoms with E-state index in [0.717, 1.165) is 0 Å². The molecule has 0 spiro atoms. The molecule has 6 nitrogen and oxygen atoms in total. The van der Waals surface area contributed by atoms with Crippen molar-refractivity contribution in [3.8, 4) is 0 Å². The minimum atomic E-state index is -1.33. The molecule has 100 valence electrons. The largest absolute Gasteiger partial charge is 0.466 e. The quantitative estimate of drug-likeness (QED) is 0.675. The molecule has 2 atom stereocenters. The summed E-state index contributed by atoms with van der Waals surface area (Å²) in [6.45, 7) is 1.84. The van der Waals surface area contributed by atoms with Crippen LogP contribution in [0.3, 0.4) is 0 Å². The zero-order valence-corrected chi connectivity index (χ0v) is 10.5. The van der Waals surface area contributed by atoms with E-state index in [2.05, 4.69) is 9.72 Å². The predicted octanol–water partition coefficient (Wildman–Crippen LogP) is 0.376. The van der Waals surface area contributed by atoms with Crippen LogP contribution in [-0.4, -0.2) is 33.9 Å². The van der Waals surface area contributed by atoms with Gasteiger partial charge in [0.15, 0.2) is 0 Å². The van der Waals surface area contributed by atoms with Gasteiger partial charge in [-0.15, -0.1) is 0 Å². The van der Waals surface area contributed by atoms with Gasteiger partial charge < -0.3 is 19.9 Å². The molecule has 18 heavy (non-hydrogen) atoms. The van der Waals surface area contributed by atoms with Crippen LogP contribution in [0, 0.1) is 0 Å². The van der Waals surface area contributed by atoms with Crippen molar-refractivity contribution in [3.63, 3.8) is 0 Å². The Bertz CT molecular complexity index is 473. The fourth-order valence-electron chi connectivity index (χ4n) is 1.37. The number of aromatic amines is 1. The van der Waals surface area contributed by atoms with Crippen molar-refractivity contribution in [1.82, 2.24) is 4.98 Å². The molecule has 0 aromatic carbocycles. The number of ether oxygens (including phenoxy) is 1. The Morgan fingerprint density at radius 1 is 1.56 bits per heavy atom. The predicted molar refractivity (Wildman–Crippen MR) is 64.3 cm³/mol. The first kappa shape index (κ1) is 14.7. The summed E-state index contributed by atoms with van der Waals surface area (Å²) in [6, 6.07) is 1.24. The average molecular weight is 276 g/mol. The van der Waals surface area contributed by atoms with Crippen LogP contribution in [0.15, 0.2) is 17.1 Å². The van der Waals surface area contributed by atoms with Crippen LogP contribution in [0.1, 0.15) is 25.0 Å². The van der Waals surface area contributed by atoms with Crippen molar-refractivity contribution >= 4 is 17.6 Å². The smallest absolute Gasteiger partial charge is 0.308 e. The fraction of sp³-hybridized carbons (Fsp3) is 0.455. The number of hydrogen-bond acceptors (Lipinski definition) is 5. The number of H-pyrrole nitrogens is 1. The number of carbonyl (C=O) groups excluding carboxylic acids is 1. The molecule has 1 heterocycles. The minimum absolute atomic E-state index is 0.102. The van der Waals surface area contributed by atoms with Crippen molar-refractivity contribution < 1.29 is 19.7 Å². The molecular weight excluding hydrogens is 262 g/mol. The Morgan fingerprint density at radius 3 is 2.78 bits per heavy atom. The van der Waals surface area contributed by atoms with Gasteiger partial charge in [0, 0.05) is 11.8 Å². The molecule has 0 saturated carbocycles. The number of rotatable bonds is 5. The number of hydrogen-bond donors (Lipinski definition) is 3. The fourth-order valence-corrected chi connectivity index (χ4v) is 1.55. The lowest BCUT2D eigenvalue weighted by Gasteiger charge is -2.17. The maximum Gasteiger partial charge on any atom is 0.308 e. The lowest BCUT2D eigenvalue weighted by Crippen LogP contribution is -2.24. The number of halogens is 1. The number of aliphatic hydroxyl groups excluding tert-OH is 2. The first-order chi connectivity index (χ1) is 8.45. The van der Waals surface area contributed by atoms with Gasteiger partial charge in [0.2, 0.25) is 0 Å².